The van der Waals surface area contributed by atoms with Crippen molar-refractivity contribution in [2.45, 2.75) is 0 Å². The number of aromatic nitrogens is 4. The second kappa shape index (κ2) is 10.9. The first-order valence-corrected chi connectivity index (χ1v) is 12.7. The summed E-state index contributed by atoms with van der Waals surface area (Å²) in [6.45, 7) is 14.8. The largest absolute Gasteiger partial charge is 0.392 e. The van der Waals surface area contributed by atoms with Crippen molar-refractivity contribution < 1.29 is 0 Å². The van der Waals surface area contributed by atoms with Gasteiger partial charge < -0.3 is 11.5 Å². The number of pyridine rings is 2. The lowest BCUT2D eigenvalue weighted by molar-refractivity contribution is 0.975. The van der Waals surface area contributed by atoms with Crippen LogP contribution in [0.2, 0.25) is 0 Å². The molecule has 41 heavy (non-hydrogen) atoms. The van der Waals surface area contributed by atoms with Crippen LogP contribution in [-0.4, -0.2) is 19.2 Å². The average Bonchev–Trinajstić information content (AvgIpc) is 3.66. The number of halogens is 1. The third-order valence-corrected chi connectivity index (χ3v) is 6.93. The maximum absolute atomic E-state index is 9.58. The van der Waals surface area contributed by atoms with Gasteiger partial charge in [0.25, 0.3) is 0 Å². The van der Waals surface area contributed by atoms with E-state index >= 15 is 0 Å². The molecule has 0 saturated carbocycles. The van der Waals surface area contributed by atoms with Crippen LogP contribution < -0.4 is 11.5 Å². The summed E-state index contributed by atoms with van der Waals surface area (Å²) >= 11 is 3.38. The molecule has 0 unspecified atom stereocenters. The van der Waals surface area contributed by atoms with Crippen LogP contribution in [0.1, 0.15) is 11.1 Å². The van der Waals surface area contributed by atoms with E-state index in [-0.39, 0.29) is 23.0 Å². The lowest BCUT2D eigenvalue weighted by Crippen LogP contribution is -2.02. The predicted molar refractivity (Wildman–Crippen MR) is 160 cm³/mol. The SMILES string of the molecule is [C-]#[N+]c1c(-c2ccccc2)c(C#N)c2c(Br)cnn2c1N.[C-]#[N+]c1c(-c2ccccc2)c(C#N)c2ccnn2c1N. The van der Waals surface area contributed by atoms with E-state index in [1.165, 1.54) is 9.03 Å². The van der Waals surface area contributed by atoms with Gasteiger partial charge in [0.2, 0.25) is 11.4 Å². The van der Waals surface area contributed by atoms with Gasteiger partial charge in [-0.1, -0.05) is 60.7 Å². The number of benzene rings is 2. The van der Waals surface area contributed by atoms with Crippen LogP contribution in [0, 0.1) is 35.8 Å². The number of nitrogen functional groups attached to an aromatic ring is 2. The van der Waals surface area contributed by atoms with E-state index in [4.69, 9.17) is 24.6 Å². The monoisotopic (exact) mass is 596 g/mol. The van der Waals surface area contributed by atoms with Gasteiger partial charge in [-0.15, -0.1) is 0 Å². The van der Waals surface area contributed by atoms with Crippen LogP contribution in [0.15, 0.2) is 83.6 Å². The zero-order valence-electron chi connectivity index (χ0n) is 21.1. The van der Waals surface area contributed by atoms with Gasteiger partial charge in [-0.25, -0.2) is 18.7 Å². The Morgan fingerprint density at radius 2 is 1.24 bits per heavy atom. The van der Waals surface area contributed by atoms with Gasteiger partial charge in [0.1, 0.15) is 23.8 Å². The number of nitrogens with two attached hydrogens (primary N) is 2. The Balaban J connectivity index is 0.000000165. The molecule has 4 N–H and O–H groups in total. The van der Waals surface area contributed by atoms with Crippen molar-refractivity contribution in [3.63, 3.8) is 0 Å². The lowest BCUT2D eigenvalue weighted by atomic mass is 9.98. The molecule has 10 nitrogen and oxygen atoms in total. The molecular formula is C30H17BrN10. The number of hydrogen-bond acceptors (Lipinski definition) is 6. The van der Waals surface area contributed by atoms with Crippen LogP contribution in [0.4, 0.5) is 23.0 Å². The summed E-state index contributed by atoms with van der Waals surface area (Å²) in [5.41, 5.74) is 17.2. The minimum atomic E-state index is 0.226. The standard InChI is InChI=1S/C15H8BrN5.C15H9N5/c1-19-13-12(9-5-3-2-4-6-9)10(7-17)14-11(16)8-20-21(14)15(13)18;1-18-14-13(10-5-3-2-4-6-10)11(9-16)12-7-8-19-20(12)15(14)17/h2-6,8H,18H2;2-8H,17H2. The topological polar surface area (TPSA) is 143 Å². The van der Waals surface area contributed by atoms with Crippen molar-refractivity contribution in [2.75, 3.05) is 11.5 Å². The van der Waals surface area contributed by atoms with Crippen molar-refractivity contribution in [2.24, 2.45) is 0 Å². The summed E-state index contributed by atoms with van der Waals surface area (Å²) in [7, 11) is 0. The van der Waals surface area contributed by atoms with E-state index in [9.17, 15) is 10.5 Å². The Kier molecular flexibility index (Phi) is 7.05. The highest BCUT2D eigenvalue weighted by Crippen LogP contribution is 2.42. The molecule has 2 aromatic carbocycles. The maximum atomic E-state index is 9.58. The van der Waals surface area contributed by atoms with Gasteiger partial charge in [-0.2, -0.15) is 20.7 Å². The maximum Gasteiger partial charge on any atom is 0.237 e. The molecule has 4 heterocycles. The fourth-order valence-electron chi connectivity index (χ4n) is 4.58. The fourth-order valence-corrected chi connectivity index (χ4v) is 5.04. The molecule has 11 heteroatoms. The Morgan fingerprint density at radius 3 is 1.76 bits per heavy atom. The molecule has 6 aromatic rings. The van der Waals surface area contributed by atoms with Crippen molar-refractivity contribution in [3.05, 3.63) is 118 Å². The Morgan fingerprint density at radius 1 is 0.732 bits per heavy atom. The molecule has 0 bridgehead atoms. The number of fused-ring (bicyclic) bond motifs is 2. The van der Waals surface area contributed by atoms with Crippen LogP contribution >= 0.6 is 15.9 Å². The highest BCUT2D eigenvalue weighted by molar-refractivity contribution is 9.10. The van der Waals surface area contributed by atoms with E-state index in [1.807, 2.05) is 60.7 Å². The van der Waals surface area contributed by atoms with E-state index in [1.54, 1.807) is 18.5 Å². The Hall–Kier alpha value is -6.14. The van der Waals surface area contributed by atoms with E-state index in [0.717, 1.165) is 11.1 Å². The summed E-state index contributed by atoms with van der Waals surface area (Å²) in [5, 5.41) is 27.2. The van der Waals surface area contributed by atoms with Crippen molar-refractivity contribution in [1.82, 2.24) is 19.2 Å². The van der Waals surface area contributed by atoms with Crippen molar-refractivity contribution in [3.8, 4) is 34.4 Å². The molecule has 0 amide bonds. The van der Waals surface area contributed by atoms with Gasteiger partial charge in [0, 0.05) is 11.1 Å². The highest BCUT2D eigenvalue weighted by atomic mass is 79.9. The Labute approximate surface area is 242 Å². The van der Waals surface area contributed by atoms with Gasteiger partial charge in [-0.3, -0.25) is 0 Å². The number of hydrogen-bond donors (Lipinski definition) is 2. The molecular weight excluding hydrogens is 580 g/mol. The summed E-state index contributed by atoms with van der Waals surface area (Å²) in [4.78, 5) is 7.01. The third kappa shape index (κ3) is 4.35. The lowest BCUT2D eigenvalue weighted by Gasteiger charge is -2.12. The molecule has 0 aliphatic heterocycles. The highest BCUT2D eigenvalue weighted by Gasteiger charge is 2.22. The predicted octanol–water partition coefficient (Wildman–Crippen LogP) is 6.77. The molecule has 0 aliphatic rings. The van der Waals surface area contributed by atoms with Crippen LogP contribution in [0.25, 0.3) is 43.0 Å². The molecule has 4 aromatic heterocycles. The molecule has 0 radical (unpaired) electrons. The molecule has 0 saturated heterocycles. The first-order valence-electron chi connectivity index (χ1n) is 11.9. The van der Waals surface area contributed by atoms with Crippen molar-refractivity contribution >= 4 is 50.0 Å². The van der Waals surface area contributed by atoms with Crippen LogP contribution in [0.3, 0.4) is 0 Å². The quantitative estimate of drug-likeness (QED) is 0.211. The minimum absolute atomic E-state index is 0.226. The number of rotatable bonds is 2. The zero-order valence-corrected chi connectivity index (χ0v) is 22.7. The second-order valence-corrected chi connectivity index (χ2v) is 9.38. The summed E-state index contributed by atoms with van der Waals surface area (Å²) < 4.78 is 3.51. The smallest absolute Gasteiger partial charge is 0.237 e. The summed E-state index contributed by atoms with van der Waals surface area (Å²) in [6, 6.07) is 24.7. The Bertz CT molecular complexity index is 2120. The van der Waals surface area contributed by atoms with Crippen LogP contribution in [0.5, 0.6) is 0 Å². The van der Waals surface area contributed by atoms with Gasteiger partial charge in [0.05, 0.1) is 52.2 Å². The molecule has 0 fully saturated rings. The molecule has 0 atom stereocenters. The van der Waals surface area contributed by atoms with Gasteiger partial charge in [0.15, 0.2) is 0 Å². The van der Waals surface area contributed by atoms with E-state index in [0.29, 0.717) is 37.8 Å². The number of nitriles is 2. The van der Waals surface area contributed by atoms with E-state index in [2.05, 4.69) is 48.0 Å². The molecule has 0 spiro atoms. The zero-order chi connectivity index (χ0) is 29.1. The third-order valence-electron chi connectivity index (χ3n) is 6.35. The van der Waals surface area contributed by atoms with E-state index < -0.39 is 0 Å². The van der Waals surface area contributed by atoms with Gasteiger partial charge in [-0.05, 0) is 33.1 Å². The normalized spacial score (nSPS) is 10.2. The van der Waals surface area contributed by atoms with Gasteiger partial charge >= 0.3 is 0 Å². The minimum Gasteiger partial charge on any atom is -0.392 e. The summed E-state index contributed by atoms with van der Waals surface area (Å²) in [6.07, 6.45) is 3.13. The second-order valence-electron chi connectivity index (χ2n) is 8.53. The first-order chi connectivity index (χ1) is 20.0. The molecule has 194 valence electrons. The number of anilines is 2. The van der Waals surface area contributed by atoms with Crippen LogP contribution in [-0.2, 0) is 0 Å². The number of nitrogens with zero attached hydrogens (tertiary/aromatic N) is 8. The van der Waals surface area contributed by atoms with Crippen molar-refractivity contribution in [1.29, 1.82) is 10.5 Å². The average molecular weight is 597 g/mol. The molecule has 0 aliphatic carbocycles. The first kappa shape index (κ1) is 26.5. The summed E-state index contributed by atoms with van der Waals surface area (Å²) in [5.74, 6) is 0.474. The fraction of sp³-hybridized carbons (Fsp3) is 0. The molecule has 6 rings (SSSR count).